The molecule has 8 nitrogen and oxygen atoms in total. The number of carbonyl (C=O) groups is 2. The minimum Gasteiger partial charge on any atom is -0.497 e. The van der Waals surface area contributed by atoms with Crippen LogP contribution in [0, 0.1) is 0 Å². The van der Waals surface area contributed by atoms with Gasteiger partial charge < -0.3 is 14.6 Å². The van der Waals surface area contributed by atoms with E-state index in [1.165, 1.54) is 0 Å². The highest BCUT2D eigenvalue weighted by atomic mass is 32.2. The molecule has 0 saturated carbocycles. The highest BCUT2D eigenvalue weighted by molar-refractivity contribution is 8.00. The van der Waals surface area contributed by atoms with Crippen molar-refractivity contribution < 1.29 is 18.8 Å². The molecule has 0 spiro atoms. The van der Waals surface area contributed by atoms with E-state index in [2.05, 4.69) is 15.5 Å². The number of fused-ring (bicyclic) bond motifs is 1. The second-order valence-electron chi connectivity index (χ2n) is 7.37. The van der Waals surface area contributed by atoms with E-state index in [4.69, 9.17) is 9.26 Å². The van der Waals surface area contributed by atoms with Crippen molar-refractivity contribution in [3.8, 4) is 5.75 Å². The molecule has 9 heteroatoms. The van der Waals surface area contributed by atoms with Gasteiger partial charge in [0.25, 0.3) is 11.8 Å². The lowest BCUT2D eigenvalue weighted by Gasteiger charge is -2.49. The van der Waals surface area contributed by atoms with E-state index in [0.29, 0.717) is 17.4 Å². The number of carbonyl (C=O) groups excluding carboxylic acids is 2. The topological polar surface area (TPSA) is 97.6 Å². The molecular formula is C21H24N4O4S. The number of β-lactam (4-membered cyclic amide) rings is 1. The number of benzene rings is 1. The second-order valence-corrected chi connectivity index (χ2v) is 8.48. The SMILES string of the molecule is CCCc1noc(C2=C(C)CS[C@@H]3[C@H](NC(=O)Cc4ccc(OC)cc4)C(=O)N23)n1. The summed E-state index contributed by atoms with van der Waals surface area (Å²) in [7, 11) is 1.60. The predicted molar refractivity (Wildman–Crippen MR) is 113 cm³/mol. The molecule has 1 aromatic carbocycles. The summed E-state index contributed by atoms with van der Waals surface area (Å²) in [5, 5.41) is 6.72. The third-order valence-electron chi connectivity index (χ3n) is 5.14. The Morgan fingerprint density at radius 3 is 2.83 bits per heavy atom. The van der Waals surface area contributed by atoms with Crippen LogP contribution in [-0.4, -0.2) is 51.1 Å². The Kier molecular flexibility index (Phi) is 5.80. The number of nitrogens with zero attached hydrogens (tertiary/aromatic N) is 3. The van der Waals surface area contributed by atoms with Crippen LogP contribution in [-0.2, 0) is 22.4 Å². The van der Waals surface area contributed by atoms with Gasteiger partial charge in [-0.15, -0.1) is 11.8 Å². The maximum Gasteiger partial charge on any atom is 0.274 e. The summed E-state index contributed by atoms with van der Waals surface area (Å²) < 4.78 is 10.6. The van der Waals surface area contributed by atoms with Crippen LogP contribution in [0.1, 0.15) is 37.5 Å². The summed E-state index contributed by atoms with van der Waals surface area (Å²) >= 11 is 1.63. The summed E-state index contributed by atoms with van der Waals surface area (Å²) in [6, 6.07) is 6.76. The fourth-order valence-corrected chi connectivity index (χ4v) is 4.90. The molecule has 4 rings (SSSR count). The molecule has 0 bridgehead atoms. The average molecular weight is 429 g/mol. The van der Waals surface area contributed by atoms with Gasteiger partial charge in [0, 0.05) is 12.2 Å². The van der Waals surface area contributed by atoms with Crippen LogP contribution in [0.5, 0.6) is 5.75 Å². The minimum absolute atomic E-state index is 0.153. The molecule has 0 unspecified atom stereocenters. The Bertz CT molecular complexity index is 985. The van der Waals surface area contributed by atoms with Crippen LogP contribution in [0.15, 0.2) is 34.4 Å². The number of ether oxygens (including phenoxy) is 1. The Balaban J connectivity index is 1.43. The normalized spacial score (nSPS) is 20.6. The minimum atomic E-state index is -0.554. The van der Waals surface area contributed by atoms with Crippen LogP contribution < -0.4 is 10.1 Å². The maximum absolute atomic E-state index is 12.9. The number of aryl methyl sites for hydroxylation is 1. The Morgan fingerprint density at radius 1 is 1.37 bits per heavy atom. The Labute approximate surface area is 179 Å². The number of amides is 2. The van der Waals surface area contributed by atoms with Crippen LogP contribution in [0.4, 0.5) is 0 Å². The van der Waals surface area contributed by atoms with Gasteiger partial charge in [0.05, 0.1) is 13.5 Å². The van der Waals surface area contributed by atoms with Crippen LogP contribution in [0.25, 0.3) is 5.70 Å². The van der Waals surface area contributed by atoms with Gasteiger partial charge in [0.2, 0.25) is 5.91 Å². The molecule has 2 amide bonds. The van der Waals surface area contributed by atoms with E-state index < -0.39 is 6.04 Å². The van der Waals surface area contributed by atoms with Crippen molar-refractivity contribution in [3.63, 3.8) is 0 Å². The smallest absolute Gasteiger partial charge is 0.274 e. The van der Waals surface area contributed by atoms with E-state index in [9.17, 15) is 9.59 Å². The lowest BCUT2D eigenvalue weighted by atomic mass is 10.0. The van der Waals surface area contributed by atoms with E-state index in [1.54, 1.807) is 23.8 Å². The highest BCUT2D eigenvalue weighted by Gasteiger charge is 2.53. The molecular weight excluding hydrogens is 404 g/mol. The van der Waals surface area contributed by atoms with Crippen molar-refractivity contribution in [2.24, 2.45) is 0 Å². The summed E-state index contributed by atoms with van der Waals surface area (Å²) in [6.45, 7) is 4.01. The largest absolute Gasteiger partial charge is 0.497 e. The van der Waals surface area contributed by atoms with Gasteiger partial charge in [-0.25, -0.2) is 0 Å². The molecule has 1 fully saturated rings. The zero-order valence-electron chi connectivity index (χ0n) is 17.2. The fourth-order valence-electron chi connectivity index (χ4n) is 3.60. The number of thioether (sulfide) groups is 1. The molecule has 2 aliphatic heterocycles. The first-order chi connectivity index (χ1) is 14.5. The standard InChI is InChI=1S/C21H24N4O4S/c1-4-5-15-22-19(29-24-15)18-12(2)11-30-21-17(20(27)25(18)21)23-16(26)10-13-6-8-14(28-3)9-7-13/h6-9,17,21H,4-5,10-11H2,1-3H3,(H,23,26)/t17-,21-/m1/s1. The van der Waals surface area contributed by atoms with Crippen molar-refractivity contribution in [2.45, 2.75) is 44.5 Å². The Hall–Kier alpha value is -2.81. The van der Waals surface area contributed by atoms with Crippen LogP contribution >= 0.6 is 11.8 Å². The number of aromatic nitrogens is 2. The predicted octanol–water partition coefficient (Wildman–Crippen LogP) is 2.40. The molecule has 2 aromatic rings. The summed E-state index contributed by atoms with van der Waals surface area (Å²) in [5.74, 6) is 2.15. The van der Waals surface area contributed by atoms with E-state index in [0.717, 1.165) is 35.5 Å². The van der Waals surface area contributed by atoms with Gasteiger partial charge in [0.1, 0.15) is 22.9 Å². The monoisotopic (exact) mass is 428 g/mol. The molecule has 3 heterocycles. The zero-order chi connectivity index (χ0) is 21.3. The van der Waals surface area contributed by atoms with Crippen molar-refractivity contribution in [1.82, 2.24) is 20.4 Å². The molecule has 2 aliphatic rings. The van der Waals surface area contributed by atoms with Gasteiger partial charge in [-0.05, 0) is 36.6 Å². The van der Waals surface area contributed by atoms with Gasteiger partial charge in [-0.1, -0.05) is 24.2 Å². The molecule has 158 valence electrons. The van der Waals surface area contributed by atoms with E-state index >= 15 is 0 Å². The Morgan fingerprint density at radius 2 is 2.13 bits per heavy atom. The quantitative estimate of drug-likeness (QED) is 0.676. The van der Waals surface area contributed by atoms with Crippen LogP contribution in [0.2, 0.25) is 0 Å². The number of methoxy groups -OCH3 is 1. The van der Waals surface area contributed by atoms with Gasteiger partial charge in [-0.3, -0.25) is 14.5 Å². The first kappa shape index (κ1) is 20.5. The second kappa shape index (κ2) is 8.51. The van der Waals surface area contributed by atoms with E-state index in [-0.39, 0.29) is 23.6 Å². The molecule has 1 aromatic heterocycles. The van der Waals surface area contributed by atoms with Gasteiger partial charge in [-0.2, -0.15) is 4.98 Å². The third kappa shape index (κ3) is 3.81. The molecule has 1 N–H and O–H groups in total. The number of hydrogen-bond acceptors (Lipinski definition) is 7. The lowest BCUT2D eigenvalue weighted by Crippen LogP contribution is -2.69. The zero-order valence-corrected chi connectivity index (χ0v) is 18.0. The first-order valence-electron chi connectivity index (χ1n) is 9.91. The third-order valence-corrected chi connectivity index (χ3v) is 6.57. The van der Waals surface area contributed by atoms with Crippen molar-refractivity contribution >= 4 is 29.3 Å². The van der Waals surface area contributed by atoms with Crippen molar-refractivity contribution in [3.05, 3.63) is 47.1 Å². The van der Waals surface area contributed by atoms with Crippen molar-refractivity contribution in [1.29, 1.82) is 0 Å². The molecule has 1 saturated heterocycles. The maximum atomic E-state index is 12.9. The number of hydrogen-bond donors (Lipinski definition) is 1. The van der Waals surface area contributed by atoms with Gasteiger partial charge in [0.15, 0.2) is 5.82 Å². The molecule has 30 heavy (non-hydrogen) atoms. The van der Waals surface area contributed by atoms with Crippen LogP contribution in [0.3, 0.4) is 0 Å². The lowest BCUT2D eigenvalue weighted by molar-refractivity contribution is -0.143. The molecule has 2 atom stereocenters. The van der Waals surface area contributed by atoms with Gasteiger partial charge >= 0.3 is 0 Å². The number of nitrogens with one attached hydrogen (secondary N) is 1. The average Bonchev–Trinajstić information content (AvgIpc) is 3.21. The van der Waals surface area contributed by atoms with Crippen molar-refractivity contribution in [2.75, 3.05) is 12.9 Å². The number of rotatable bonds is 7. The molecule has 0 aliphatic carbocycles. The summed E-state index contributed by atoms with van der Waals surface area (Å²) in [4.78, 5) is 31.5. The summed E-state index contributed by atoms with van der Waals surface area (Å²) in [6.07, 6.45) is 1.85. The summed E-state index contributed by atoms with van der Waals surface area (Å²) in [5.41, 5.74) is 2.55. The first-order valence-corrected chi connectivity index (χ1v) is 11.0. The highest BCUT2D eigenvalue weighted by Crippen LogP contribution is 2.43. The fraction of sp³-hybridized carbons (Fsp3) is 0.429. The molecule has 0 radical (unpaired) electrons. The van der Waals surface area contributed by atoms with E-state index in [1.807, 2.05) is 38.1 Å².